The molecule has 0 aliphatic rings. The minimum atomic E-state index is 0.528. The van der Waals surface area contributed by atoms with Crippen LogP contribution >= 0.6 is 0 Å². The molecule has 0 amide bonds. The van der Waals surface area contributed by atoms with Crippen molar-refractivity contribution < 1.29 is 9.47 Å². The molecule has 0 bridgehead atoms. The molecular weight excluding hydrogens is 328 g/mol. The minimum Gasteiger partial charge on any atom is -0.497 e. The van der Waals surface area contributed by atoms with Gasteiger partial charge < -0.3 is 19.7 Å². The first-order chi connectivity index (χ1) is 12.8. The zero-order valence-corrected chi connectivity index (χ0v) is 14.9. The summed E-state index contributed by atoms with van der Waals surface area (Å²) in [5.41, 5.74) is 1.03. The summed E-state index contributed by atoms with van der Waals surface area (Å²) in [6.07, 6.45) is 1.74. The van der Waals surface area contributed by atoms with Crippen LogP contribution in [0.25, 0.3) is 0 Å². The molecule has 134 valence electrons. The van der Waals surface area contributed by atoms with Crippen LogP contribution in [0.15, 0.2) is 66.9 Å². The van der Waals surface area contributed by atoms with Crippen molar-refractivity contribution in [2.75, 3.05) is 37.5 Å². The van der Waals surface area contributed by atoms with Gasteiger partial charge in [0.1, 0.15) is 23.9 Å². The number of nitrogens with one attached hydrogen (secondary N) is 1. The first-order valence-corrected chi connectivity index (χ1v) is 8.39. The molecule has 0 spiro atoms. The second-order valence-corrected chi connectivity index (χ2v) is 5.59. The molecule has 26 heavy (non-hydrogen) atoms. The topological polar surface area (TPSA) is 59.5 Å². The van der Waals surface area contributed by atoms with E-state index in [2.05, 4.69) is 15.3 Å². The second-order valence-electron chi connectivity index (χ2n) is 5.59. The number of hydrogen-bond donors (Lipinski definition) is 1. The van der Waals surface area contributed by atoms with Gasteiger partial charge in [-0.05, 0) is 42.5 Å². The van der Waals surface area contributed by atoms with Gasteiger partial charge in [-0.25, -0.2) is 4.98 Å². The summed E-state index contributed by atoms with van der Waals surface area (Å²) >= 11 is 0. The maximum Gasteiger partial charge on any atom is 0.231 e. The lowest BCUT2D eigenvalue weighted by atomic mass is 10.3. The molecule has 0 saturated heterocycles. The van der Waals surface area contributed by atoms with E-state index in [0.29, 0.717) is 19.1 Å². The van der Waals surface area contributed by atoms with Crippen molar-refractivity contribution in [3.8, 4) is 11.5 Å². The van der Waals surface area contributed by atoms with E-state index in [1.165, 1.54) is 0 Å². The van der Waals surface area contributed by atoms with Crippen LogP contribution in [0.1, 0.15) is 0 Å². The number of benzene rings is 2. The van der Waals surface area contributed by atoms with E-state index in [9.17, 15) is 0 Å². The summed E-state index contributed by atoms with van der Waals surface area (Å²) in [5, 5.41) is 3.26. The number of nitrogens with zero attached hydrogens (tertiary/aromatic N) is 3. The normalized spacial score (nSPS) is 10.2. The highest BCUT2D eigenvalue weighted by atomic mass is 16.5. The van der Waals surface area contributed by atoms with E-state index in [4.69, 9.17) is 9.47 Å². The van der Waals surface area contributed by atoms with E-state index in [-0.39, 0.29) is 0 Å². The van der Waals surface area contributed by atoms with Crippen molar-refractivity contribution in [3.63, 3.8) is 0 Å². The molecule has 2 aromatic carbocycles. The Labute approximate surface area is 153 Å². The summed E-state index contributed by atoms with van der Waals surface area (Å²) in [7, 11) is 3.59. The fourth-order valence-corrected chi connectivity index (χ4v) is 2.40. The summed E-state index contributed by atoms with van der Waals surface area (Å²) in [5.74, 6) is 3.01. The molecule has 0 aliphatic carbocycles. The van der Waals surface area contributed by atoms with E-state index < -0.39 is 0 Å². The maximum absolute atomic E-state index is 5.70. The summed E-state index contributed by atoms with van der Waals surface area (Å²) in [6, 6.07) is 19.4. The SMILES string of the molecule is COc1ccc(OCCNc2ccnc(N(C)c3ccccc3)n2)cc1. The Balaban J connectivity index is 1.52. The third-order valence-electron chi connectivity index (χ3n) is 3.82. The third kappa shape index (κ3) is 4.63. The van der Waals surface area contributed by atoms with E-state index in [1.54, 1.807) is 13.3 Å². The molecule has 0 aliphatic heterocycles. The number of para-hydroxylation sites is 1. The second kappa shape index (κ2) is 8.71. The molecule has 6 nitrogen and oxygen atoms in total. The fraction of sp³-hybridized carbons (Fsp3) is 0.200. The van der Waals surface area contributed by atoms with E-state index in [0.717, 1.165) is 23.0 Å². The van der Waals surface area contributed by atoms with Crippen molar-refractivity contribution in [1.82, 2.24) is 9.97 Å². The van der Waals surface area contributed by atoms with Crippen molar-refractivity contribution in [2.24, 2.45) is 0 Å². The first-order valence-electron chi connectivity index (χ1n) is 8.39. The van der Waals surface area contributed by atoms with Crippen molar-refractivity contribution in [3.05, 3.63) is 66.9 Å². The van der Waals surface area contributed by atoms with Gasteiger partial charge in [0.15, 0.2) is 0 Å². The number of aromatic nitrogens is 2. The highest BCUT2D eigenvalue weighted by Gasteiger charge is 2.07. The Kier molecular flexibility index (Phi) is 5.88. The molecule has 0 saturated carbocycles. The van der Waals surface area contributed by atoms with Gasteiger partial charge in [0.05, 0.1) is 13.7 Å². The molecule has 1 N–H and O–H groups in total. The van der Waals surface area contributed by atoms with E-state index in [1.807, 2.05) is 72.6 Å². The molecule has 1 heterocycles. The maximum atomic E-state index is 5.70. The highest BCUT2D eigenvalue weighted by molar-refractivity contribution is 5.57. The zero-order valence-electron chi connectivity index (χ0n) is 14.9. The highest BCUT2D eigenvalue weighted by Crippen LogP contribution is 2.20. The van der Waals surface area contributed by atoms with Gasteiger partial charge in [0.2, 0.25) is 5.95 Å². The van der Waals surface area contributed by atoms with Crippen LogP contribution in [0.4, 0.5) is 17.5 Å². The summed E-state index contributed by atoms with van der Waals surface area (Å²) < 4.78 is 10.8. The van der Waals surface area contributed by atoms with Crippen LogP contribution in [-0.2, 0) is 0 Å². The van der Waals surface area contributed by atoms with Gasteiger partial charge in [0.25, 0.3) is 0 Å². The smallest absolute Gasteiger partial charge is 0.231 e. The van der Waals surface area contributed by atoms with Gasteiger partial charge >= 0.3 is 0 Å². The van der Waals surface area contributed by atoms with Crippen LogP contribution in [0.2, 0.25) is 0 Å². The van der Waals surface area contributed by atoms with Crippen LogP contribution in [0, 0.1) is 0 Å². The van der Waals surface area contributed by atoms with Gasteiger partial charge in [-0.1, -0.05) is 18.2 Å². The Bertz CT molecular complexity index is 810. The molecule has 3 rings (SSSR count). The summed E-state index contributed by atoms with van der Waals surface area (Å²) in [4.78, 5) is 10.8. The Morgan fingerprint density at radius 3 is 2.42 bits per heavy atom. The zero-order chi connectivity index (χ0) is 18.2. The van der Waals surface area contributed by atoms with Gasteiger partial charge in [0, 0.05) is 18.9 Å². The first kappa shape index (κ1) is 17.5. The number of anilines is 3. The lowest BCUT2D eigenvalue weighted by Crippen LogP contribution is -2.16. The standard InChI is InChI=1S/C20H22N4O2/c1-24(16-6-4-3-5-7-16)20-22-13-12-19(23-20)21-14-15-26-18-10-8-17(25-2)9-11-18/h3-13H,14-15H2,1-2H3,(H,21,22,23). The largest absolute Gasteiger partial charge is 0.497 e. The molecule has 0 fully saturated rings. The Morgan fingerprint density at radius 2 is 1.69 bits per heavy atom. The number of ether oxygens (including phenoxy) is 2. The Hall–Kier alpha value is -3.28. The van der Waals surface area contributed by atoms with Crippen LogP contribution in [0.3, 0.4) is 0 Å². The quantitative estimate of drug-likeness (QED) is 0.625. The monoisotopic (exact) mass is 350 g/mol. The molecule has 0 radical (unpaired) electrons. The molecular formula is C20H22N4O2. The van der Waals surface area contributed by atoms with Crippen LogP contribution in [-0.4, -0.2) is 37.3 Å². The number of rotatable bonds is 8. The minimum absolute atomic E-state index is 0.528. The van der Waals surface area contributed by atoms with E-state index >= 15 is 0 Å². The van der Waals surface area contributed by atoms with Gasteiger partial charge in [-0.3, -0.25) is 0 Å². The molecule has 0 unspecified atom stereocenters. The molecule has 0 atom stereocenters. The van der Waals surface area contributed by atoms with Crippen molar-refractivity contribution in [1.29, 1.82) is 0 Å². The van der Waals surface area contributed by atoms with Gasteiger partial charge in [-0.2, -0.15) is 4.98 Å². The average molecular weight is 350 g/mol. The third-order valence-corrected chi connectivity index (χ3v) is 3.82. The predicted molar refractivity (Wildman–Crippen MR) is 104 cm³/mol. The molecule has 6 heteroatoms. The van der Waals surface area contributed by atoms with Crippen LogP contribution < -0.4 is 19.7 Å². The number of hydrogen-bond acceptors (Lipinski definition) is 6. The fourth-order valence-electron chi connectivity index (χ4n) is 2.40. The molecule has 1 aromatic heterocycles. The van der Waals surface area contributed by atoms with Crippen molar-refractivity contribution in [2.45, 2.75) is 0 Å². The lowest BCUT2D eigenvalue weighted by Gasteiger charge is -2.17. The lowest BCUT2D eigenvalue weighted by molar-refractivity contribution is 0.331. The van der Waals surface area contributed by atoms with Crippen molar-refractivity contribution >= 4 is 17.5 Å². The van der Waals surface area contributed by atoms with Crippen LogP contribution in [0.5, 0.6) is 11.5 Å². The summed E-state index contributed by atoms with van der Waals surface area (Å²) in [6.45, 7) is 1.16. The average Bonchev–Trinajstić information content (AvgIpc) is 2.72. The predicted octanol–water partition coefficient (Wildman–Crippen LogP) is 3.74. The Morgan fingerprint density at radius 1 is 0.962 bits per heavy atom. The number of methoxy groups -OCH3 is 1. The van der Waals surface area contributed by atoms with Gasteiger partial charge in [-0.15, -0.1) is 0 Å². The molecule has 3 aromatic rings.